The van der Waals surface area contributed by atoms with Gasteiger partial charge in [0.2, 0.25) is 0 Å². The number of benzene rings is 2. The normalized spacial score (nSPS) is 10.9. The van der Waals surface area contributed by atoms with E-state index in [1.54, 1.807) is 24.3 Å². The number of anilines is 1. The molecule has 0 amide bonds. The van der Waals surface area contributed by atoms with E-state index in [0.29, 0.717) is 22.8 Å². The summed E-state index contributed by atoms with van der Waals surface area (Å²) in [6.45, 7) is 0. The molecule has 0 aliphatic carbocycles. The number of H-pyrrole nitrogens is 1. The predicted molar refractivity (Wildman–Crippen MR) is 81.9 cm³/mol. The zero-order valence-electron chi connectivity index (χ0n) is 10.6. The van der Waals surface area contributed by atoms with Crippen LogP contribution in [-0.4, -0.2) is 22.2 Å². The second-order valence-electron chi connectivity index (χ2n) is 4.37. The molecule has 0 aliphatic rings. The Kier molecular flexibility index (Phi) is 3.02. The van der Waals surface area contributed by atoms with Crippen molar-refractivity contribution in [3.8, 4) is 22.9 Å². The number of phenols is 1. The molecular formula is C14H12BrN3O2. The van der Waals surface area contributed by atoms with Crippen molar-refractivity contribution in [2.75, 3.05) is 12.8 Å². The summed E-state index contributed by atoms with van der Waals surface area (Å²) in [4.78, 5) is 7.60. The topological polar surface area (TPSA) is 84.2 Å². The highest BCUT2D eigenvalue weighted by Crippen LogP contribution is 2.39. The van der Waals surface area contributed by atoms with Crippen LogP contribution >= 0.6 is 15.9 Å². The summed E-state index contributed by atoms with van der Waals surface area (Å²) in [7, 11) is 1.50. The number of aromatic amines is 1. The van der Waals surface area contributed by atoms with Crippen molar-refractivity contribution >= 4 is 32.7 Å². The lowest BCUT2D eigenvalue weighted by Crippen LogP contribution is -1.88. The number of phenolic OH excluding ortho intramolecular Hbond substituents is 1. The molecule has 0 spiro atoms. The maximum atomic E-state index is 10.2. The minimum absolute atomic E-state index is 0.0442. The van der Waals surface area contributed by atoms with Crippen LogP contribution in [0, 0.1) is 0 Å². The minimum Gasteiger partial charge on any atom is -0.504 e. The zero-order valence-corrected chi connectivity index (χ0v) is 12.2. The Morgan fingerprint density at radius 1 is 1.30 bits per heavy atom. The fraction of sp³-hybridized carbons (Fsp3) is 0.0714. The predicted octanol–water partition coefficient (Wildman–Crippen LogP) is 3.29. The molecule has 6 heteroatoms. The summed E-state index contributed by atoms with van der Waals surface area (Å²) in [5.74, 6) is 0.986. The van der Waals surface area contributed by atoms with E-state index in [1.807, 2.05) is 6.07 Å². The standard InChI is InChI=1S/C14H12BrN3O2/c1-20-12-5-7(15)4-9(13(12)19)14-17-10-3-2-8(16)6-11(10)18-14/h2-6,19H,16H2,1H3,(H,17,18). The Bertz CT molecular complexity index is 798. The molecule has 3 rings (SSSR count). The number of hydrogen-bond donors (Lipinski definition) is 3. The first-order chi connectivity index (χ1) is 9.58. The maximum absolute atomic E-state index is 10.2. The lowest BCUT2D eigenvalue weighted by Gasteiger charge is -2.08. The number of nitrogens with two attached hydrogens (primary N) is 1. The summed E-state index contributed by atoms with van der Waals surface area (Å²) in [6, 6.07) is 8.89. The molecule has 2 aromatic carbocycles. The second kappa shape index (κ2) is 4.72. The molecule has 102 valence electrons. The van der Waals surface area contributed by atoms with Gasteiger partial charge in [-0.05, 0) is 30.3 Å². The summed E-state index contributed by atoms with van der Waals surface area (Å²) in [5.41, 5.74) is 8.57. The lowest BCUT2D eigenvalue weighted by atomic mass is 10.2. The van der Waals surface area contributed by atoms with Crippen LogP contribution in [-0.2, 0) is 0 Å². The number of nitrogens with zero attached hydrogens (tertiary/aromatic N) is 1. The molecule has 20 heavy (non-hydrogen) atoms. The number of aromatic hydroxyl groups is 1. The van der Waals surface area contributed by atoms with Crippen molar-refractivity contribution in [3.05, 3.63) is 34.8 Å². The number of rotatable bonds is 2. The van der Waals surface area contributed by atoms with Crippen molar-refractivity contribution in [2.24, 2.45) is 0 Å². The Balaban J connectivity index is 2.22. The highest BCUT2D eigenvalue weighted by molar-refractivity contribution is 9.10. The van der Waals surface area contributed by atoms with E-state index in [0.717, 1.165) is 15.5 Å². The van der Waals surface area contributed by atoms with Gasteiger partial charge in [-0.15, -0.1) is 0 Å². The largest absolute Gasteiger partial charge is 0.504 e. The third-order valence-electron chi connectivity index (χ3n) is 3.02. The van der Waals surface area contributed by atoms with E-state index < -0.39 is 0 Å². The van der Waals surface area contributed by atoms with Gasteiger partial charge < -0.3 is 20.6 Å². The summed E-state index contributed by atoms with van der Waals surface area (Å²) < 4.78 is 5.93. The van der Waals surface area contributed by atoms with Gasteiger partial charge in [0, 0.05) is 10.2 Å². The van der Waals surface area contributed by atoms with Crippen molar-refractivity contribution in [1.82, 2.24) is 9.97 Å². The summed E-state index contributed by atoms with van der Waals surface area (Å²) in [6.07, 6.45) is 0. The molecular weight excluding hydrogens is 322 g/mol. The van der Waals surface area contributed by atoms with E-state index in [4.69, 9.17) is 10.5 Å². The molecule has 0 aliphatic heterocycles. The number of nitrogens with one attached hydrogen (secondary N) is 1. The molecule has 0 bridgehead atoms. The van der Waals surface area contributed by atoms with Gasteiger partial charge >= 0.3 is 0 Å². The van der Waals surface area contributed by atoms with Gasteiger partial charge in [0.25, 0.3) is 0 Å². The van der Waals surface area contributed by atoms with E-state index in [9.17, 15) is 5.11 Å². The Morgan fingerprint density at radius 2 is 2.10 bits per heavy atom. The molecule has 0 fully saturated rings. The third-order valence-corrected chi connectivity index (χ3v) is 3.48. The van der Waals surface area contributed by atoms with Gasteiger partial charge in [0.1, 0.15) is 5.82 Å². The van der Waals surface area contributed by atoms with Crippen molar-refractivity contribution in [2.45, 2.75) is 0 Å². The van der Waals surface area contributed by atoms with Gasteiger partial charge in [-0.2, -0.15) is 0 Å². The van der Waals surface area contributed by atoms with Crippen molar-refractivity contribution < 1.29 is 9.84 Å². The fourth-order valence-corrected chi connectivity index (χ4v) is 2.50. The molecule has 1 heterocycles. The van der Waals surface area contributed by atoms with E-state index in [1.165, 1.54) is 7.11 Å². The number of aromatic nitrogens is 2. The molecule has 4 N–H and O–H groups in total. The van der Waals surface area contributed by atoms with Crippen LogP contribution in [0.25, 0.3) is 22.4 Å². The zero-order chi connectivity index (χ0) is 14.3. The van der Waals surface area contributed by atoms with Crippen LogP contribution in [0.4, 0.5) is 5.69 Å². The lowest BCUT2D eigenvalue weighted by molar-refractivity contribution is 0.374. The van der Waals surface area contributed by atoms with Crippen LogP contribution in [0.15, 0.2) is 34.8 Å². The third kappa shape index (κ3) is 2.08. The first kappa shape index (κ1) is 12.8. The molecule has 0 saturated heterocycles. The van der Waals surface area contributed by atoms with Crippen LogP contribution in [0.1, 0.15) is 0 Å². The number of ether oxygens (including phenoxy) is 1. The Hall–Kier alpha value is -2.21. The summed E-state index contributed by atoms with van der Waals surface area (Å²) >= 11 is 3.39. The number of methoxy groups -OCH3 is 1. The average Bonchev–Trinajstić information content (AvgIpc) is 2.83. The highest BCUT2D eigenvalue weighted by atomic mass is 79.9. The van der Waals surface area contributed by atoms with Crippen LogP contribution < -0.4 is 10.5 Å². The number of fused-ring (bicyclic) bond motifs is 1. The van der Waals surface area contributed by atoms with Gasteiger partial charge in [-0.25, -0.2) is 4.98 Å². The first-order valence-corrected chi connectivity index (χ1v) is 6.70. The van der Waals surface area contributed by atoms with Crippen LogP contribution in [0.2, 0.25) is 0 Å². The SMILES string of the molecule is COc1cc(Br)cc(-c2nc3ccc(N)cc3[nH]2)c1O. The molecule has 5 nitrogen and oxygen atoms in total. The van der Waals surface area contributed by atoms with Crippen molar-refractivity contribution in [1.29, 1.82) is 0 Å². The van der Waals surface area contributed by atoms with Crippen LogP contribution in [0.5, 0.6) is 11.5 Å². The number of imidazole rings is 1. The van der Waals surface area contributed by atoms with E-state index in [2.05, 4.69) is 25.9 Å². The first-order valence-electron chi connectivity index (χ1n) is 5.90. The molecule has 0 unspecified atom stereocenters. The fourth-order valence-electron chi connectivity index (χ4n) is 2.07. The monoisotopic (exact) mass is 333 g/mol. The Morgan fingerprint density at radius 3 is 2.85 bits per heavy atom. The minimum atomic E-state index is 0.0442. The van der Waals surface area contributed by atoms with Gasteiger partial charge in [0.15, 0.2) is 11.5 Å². The molecule has 0 atom stereocenters. The smallest absolute Gasteiger partial charge is 0.168 e. The van der Waals surface area contributed by atoms with E-state index >= 15 is 0 Å². The highest BCUT2D eigenvalue weighted by Gasteiger charge is 2.15. The molecule has 1 aromatic heterocycles. The number of hydrogen-bond acceptors (Lipinski definition) is 4. The van der Waals surface area contributed by atoms with Gasteiger partial charge in [-0.1, -0.05) is 15.9 Å². The average molecular weight is 334 g/mol. The van der Waals surface area contributed by atoms with Gasteiger partial charge in [-0.3, -0.25) is 0 Å². The van der Waals surface area contributed by atoms with Crippen molar-refractivity contribution in [3.63, 3.8) is 0 Å². The quantitative estimate of drug-likeness (QED) is 0.628. The Labute approximate surface area is 123 Å². The molecule has 0 radical (unpaired) electrons. The number of halogens is 1. The molecule has 3 aromatic rings. The maximum Gasteiger partial charge on any atom is 0.168 e. The second-order valence-corrected chi connectivity index (χ2v) is 5.28. The van der Waals surface area contributed by atoms with E-state index in [-0.39, 0.29) is 5.75 Å². The molecule has 0 saturated carbocycles. The number of nitrogen functional groups attached to an aromatic ring is 1. The van der Waals surface area contributed by atoms with Gasteiger partial charge in [0.05, 0.1) is 23.7 Å². The summed E-state index contributed by atoms with van der Waals surface area (Å²) in [5, 5.41) is 10.2. The van der Waals surface area contributed by atoms with Crippen LogP contribution in [0.3, 0.4) is 0 Å².